The van der Waals surface area contributed by atoms with Gasteiger partial charge in [0.05, 0.1) is 29.7 Å². The van der Waals surface area contributed by atoms with Crippen LogP contribution in [0.3, 0.4) is 0 Å². The van der Waals surface area contributed by atoms with Gasteiger partial charge in [0.1, 0.15) is 0 Å². The lowest BCUT2D eigenvalue weighted by atomic mass is 10.2. The van der Waals surface area contributed by atoms with E-state index in [1.54, 1.807) is 24.3 Å². The number of sulfone groups is 1. The van der Waals surface area contributed by atoms with Crippen LogP contribution < -0.4 is 10.6 Å². The maximum Gasteiger partial charge on any atom is 0.337 e. The van der Waals surface area contributed by atoms with Gasteiger partial charge < -0.3 is 15.4 Å². The van der Waals surface area contributed by atoms with Gasteiger partial charge in [0.2, 0.25) is 5.95 Å². The predicted octanol–water partition coefficient (Wildman–Crippen LogP) is 1.11. The maximum absolute atomic E-state index is 12.2. The first-order chi connectivity index (χ1) is 12.9. The van der Waals surface area contributed by atoms with E-state index in [0.29, 0.717) is 17.7 Å². The Hall–Kier alpha value is -3.01. The second kappa shape index (κ2) is 7.70. The maximum atomic E-state index is 12.2. The summed E-state index contributed by atoms with van der Waals surface area (Å²) < 4.78 is 27.5. The van der Waals surface area contributed by atoms with E-state index in [1.807, 2.05) is 0 Å². The van der Waals surface area contributed by atoms with Crippen molar-refractivity contribution in [3.05, 3.63) is 47.8 Å². The molecular weight excluding hydrogens is 372 g/mol. The van der Waals surface area contributed by atoms with Gasteiger partial charge in [-0.15, -0.1) is 0 Å². The number of ether oxygens (including phenoxy) is 1. The van der Waals surface area contributed by atoms with E-state index >= 15 is 0 Å². The smallest absolute Gasteiger partial charge is 0.337 e. The van der Waals surface area contributed by atoms with Crippen LogP contribution in [0.4, 0.5) is 11.6 Å². The van der Waals surface area contributed by atoms with E-state index in [4.69, 9.17) is 0 Å². The number of anilines is 2. The molecule has 9 nitrogen and oxygen atoms in total. The molecule has 2 N–H and O–H groups in total. The van der Waals surface area contributed by atoms with Gasteiger partial charge in [0, 0.05) is 24.1 Å². The van der Waals surface area contributed by atoms with Crippen LogP contribution in [0.1, 0.15) is 27.1 Å². The molecule has 1 aliphatic rings. The van der Waals surface area contributed by atoms with Crippen molar-refractivity contribution in [1.82, 2.24) is 9.97 Å². The van der Waals surface area contributed by atoms with Crippen molar-refractivity contribution < 1.29 is 22.7 Å². The van der Waals surface area contributed by atoms with Crippen molar-refractivity contribution in [3.63, 3.8) is 0 Å². The highest BCUT2D eigenvalue weighted by molar-refractivity contribution is 7.91. The summed E-state index contributed by atoms with van der Waals surface area (Å²) >= 11 is 0. The Morgan fingerprint density at radius 2 is 1.78 bits per heavy atom. The third kappa shape index (κ3) is 4.79. The molecular formula is C17H18N4O5S. The summed E-state index contributed by atoms with van der Waals surface area (Å²) in [5.41, 5.74) is 1.13. The van der Waals surface area contributed by atoms with Crippen LogP contribution in [0, 0.1) is 0 Å². The molecule has 1 aliphatic heterocycles. The van der Waals surface area contributed by atoms with Gasteiger partial charge >= 0.3 is 5.97 Å². The third-order valence-corrected chi connectivity index (χ3v) is 5.81. The number of amides is 1. The summed E-state index contributed by atoms with van der Waals surface area (Å²) in [6.07, 6.45) is 3.23. The molecule has 1 atom stereocenters. The molecule has 1 aromatic heterocycles. The molecule has 0 saturated carbocycles. The standard InChI is InChI=1S/C17H18N4O5S/c1-26-16(23)11-2-4-13(5-3-11)20-15(22)12-8-18-17(19-9-12)21-14-6-7-27(24,25)10-14/h2-5,8-9,14H,6-7,10H2,1H3,(H,20,22)(H,18,19,21). The zero-order valence-corrected chi connectivity index (χ0v) is 15.3. The minimum atomic E-state index is -2.99. The minimum Gasteiger partial charge on any atom is -0.465 e. The fraction of sp³-hybridized carbons (Fsp3) is 0.294. The molecule has 27 heavy (non-hydrogen) atoms. The first-order valence-electron chi connectivity index (χ1n) is 8.15. The summed E-state index contributed by atoms with van der Waals surface area (Å²) in [5.74, 6) is -0.383. The fourth-order valence-electron chi connectivity index (χ4n) is 2.62. The largest absolute Gasteiger partial charge is 0.465 e. The second-order valence-corrected chi connectivity index (χ2v) is 8.29. The minimum absolute atomic E-state index is 0.0557. The Labute approximate surface area is 156 Å². The van der Waals surface area contributed by atoms with Crippen LogP contribution in [0.2, 0.25) is 0 Å². The number of hydrogen-bond donors (Lipinski definition) is 2. The first-order valence-corrected chi connectivity index (χ1v) is 9.97. The number of hydrogen-bond acceptors (Lipinski definition) is 8. The molecule has 1 amide bonds. The van der Waals surface area contributed by atoms with Crippen molar-refractivity contribution in [2.24, 2.45) is 0 Å². The van der Waals surface area contributed by atoms with Gasteiger partial charge in [-0.05, 0) is 30.7 Å². The van der Waals surface area contributed by atoms with Crippen molar-refractivity contribution in [1.29, 1.82) is 0 Å². The lowest BCUT2D eigenvalue weighted by Gasteiger charge is -2.10. The topological polar surface area (TPSA) is 127 Å². The molecule has 1 unspecified atom stereocenters. The van der Waals surface area contributed by atoms with E-state index in [9.17, 15) is 18.0 Å². The van der Waals surface area contributed by atoms with Crippen LogP contribution in [-0.2, 0) is 14.6 Å². The van der Waals surface area contributed by atoms with Crippen LogP contribution in [0.15, 0.2) is 36.7 Å². The lowest BCUT2D eigenvalue weighted by Crippen LogP contribution is -2.22. The Morgan fingerprint density at radius 1 is 1.11 bits per heavy atom. The van der Waals surface area contributed by atoms with Gasteiger partial charge in [-0.3, -0.25) is 4.79 Å². The van der Waals surface area contributed by atoms with E-state index in [-0.39, 0.29) is 29.1 Å². The third-order valence-electron chi connectivity index (χ3n) is 4.04. The van der Waals surface area contributed by atoms with Crippen molar-refractivity contribution in [3.8, 4) is 0 Å². The number of nitrogens with one attached hydrogen (secondary N) is 2. The lowest BCUT2D eigenvalue weighted by molar-refractivity contribution is 0.0600. The van der Waals surface area contributed by atoms with Crippen LogP contribution in [0.5, 0.6) is 0 Å². The number of rotatable bonds is 5. The van der Waals surface area contributed by atoms with Crippen molar-refractivity contribution in [2.75, 3.05) is 29.2 Å². The van der Waals surface area contributed by atoms with Gasteiger partial charge in [-0.1, -0.05) is 0 Å². The molecule has 0 aliphatic carbocycles. The number of methoxy groups -OCH3 is 1. The molecule has 1 saturated heterocycles. The highest BCUT2D eigenvalue weighted by Crippen LogP contribution is 2.16. The summed E-state index contributed by atoms with van der Waals surface area (Å²) in [5, 5.41) is 5.63. The van der Waals surface area contributed by atoms with Crippen LogP contribution >= 0.6 is 0 Å². The highest BCUT2D eigenvalue weighted by Gasteiger charge is 2.28. The van der Waals surface area contributed by atoms with Crippen molar-refractivity contribution in [2.45, 2.75) is 12.5 Å². The van der Waals surface area contributed by atoms with Gasteiger partial charge in [-0.2, -0.15) is 0 Å². The normalized spacial score (nSPS) is 17.9. The van der Waals surface area contributed by atoms with Gasteiger partial charge in [0.15, 0.2) is 9.84 Å². The zero-order chi connectivity index (χ0) is 19.4. The van der Waals surface area contributed by atoms with Crippen molar-refractivity contribution >= 4 is 33.3 Å². The number of benzene rings is 1. The summed E-state index contributed by atoms with van der Waals surface area (Å²) in [4.78, 5) is 31.8. The average molecular weight is 390 g/mol. The van der Waals surface area contributed by atoms with E-state index in [2.05, 4.69) is 25.3 Å². The molecule has 1 fully saturated rings. The second-order valence-electron chi connectivity index (χ2n) is 6.06. The molecule has 1 aromatic carbocycles. The Balaban J connectivity index is 1.59. The molecule has 2 heterocycles. The van der Waals surface area contributed by atoms with Crippen LogP contribution in [-0.4, -0.2) is 54.9 Å². The van der Waals surface area contributed by atoms with Gasteiger partial charge in [0.25, 0.3) is 5.91 Å². The molecule has 142 valence electrons. The zero-order valence-electron chi connectivity index (χ0n) is 14.5. The Morgan fingerprint density at radius 3 is 2.33 bits per heavy atom. The molecule has 10 heteroatoms. The van der Waals surface area contributed by atoms with E-state index < -0.39 is 21.7 Å². The quantitative estimate of drug-likeness (QED) is 0.727. The number of carbonyl (C=O) groups is 2. The average Bonchev–Trinajstić information content (AvgIpc) is 3.00. The van der Waals surface area contributed by atoms with Gasteiger partial charge in [-0.25, -0.2) is 23.2 Å². The SMILES string of the molecule is COC(=O)c1ccc(NC(=O)c2cnc(NC3CCS(=O)(=O)C3)nc2)cc1. The fourth-order valence-corrected chi connectivity index (χ4v) is 4.30. The molecule has 3 rings (SSSR count). The number of esters is 1. The Kier molecular flexibility index (Phi) is 5.36. The predicted molar refractivity (Wildman–Crippen MR) is 98.4 cm³/mol. The van der Waals surface area contributed by atoms with E-state index in [0.717, 1.165) is 0 Å². The molecule has 2 aromatic rings. The molecule has 0 spiro atoms. The highest BCUT2D eigenvalue weighted by atomic mass is 32.2. The monoisotopic (exact) mass is 390 g/mol. The summed E-state index contributed by atoms with van der Waals surface area (Å²) in [7, 11) is -1.70. The van der Waals surface area contributed by atoms with Crippen LogP contribution in [0.25, 0.3) is 0 Å². The molecule has 0 radical (unpaired) electrons. The molecule has 0 bridgehead atoms. The summed E-state index contributed by atoms with van der Waals surface area (Å²) in [6.45, 7) is 0. The van der Waals surface area contributed by atoms with E-state index in [1.165, 1.54) is 19.5 Å². The number of nitrogens with zero attached hydrogens (tertiary/aromatic N) is 2. The first kappa shape index (κ1) is 18.8. The Bertz CT molecular complexity index is 942. The summed E-state index contributed by atoms with van der Waals surface area (Å²) in [6, 6.07) is 6.03. The number of carbonyl (C=O) groups excluding carboxylic acids is 2. The number of aromatic nitrogens is 2.